The van der Waals surface area contributed by atoms with E-state index in [1.54, 1.807) is 20.0 Å². The number of nitrogens with zero attached hydrogens (tertiary/aromatic N) is 5. The summed E-state index contributed by atoms with van der Waals surface area (Å²) in [5.41, 5.74) is 1.11. The third-order valence-corrected chi connectivity index (χ3v) is 4.78. The molecule has 2 amide bonds. The molecule has 1 saturated carbocycles. The Morgan fingerprint density at radius 3 is 2.61 bits per heavy atom. The van der Waals surface area contributed by atoms with Crippen molar-refractivity contribution >= 4 is 23.5 Å². The Balaban J connectivity index is 1.45. The summed E-state index contributed by atoms with van der Waals surface area (Å²) in [6, 6.07) is 3.05. The summed E-state index contributed by atoms with van der Waals surface area (Å²) >= 11 is 0. The molecule has 1 atom stereocenters. The molecule has 1 fully saturated rings. The van der Waals surface area contributed by atoms with Crippen molar-refractivity contribution in [2.24, 2.45) is 13.0 Å². The Morgan fingerprint density at radius 2 is 1.94 bits per heavy atom. The summed E-state index contributed by atoms with van der Waals surface area (Å²) in [5.74, 6) is -0.0616. The SMILES string of the molecule is CC(OC(=O)Nc1c(-c2ncc(NC(=O)C3CC3)cn2)cnn1C)c1cccnc1F. The molecular formula is C20H20FN7O3. The van der Waals surface area contributed by atoms with E-state index < -0.39 is 18.1 Å². The lowest BCUT2D eigenvalue weighted by atomic mass is 10.2. The molecule has 0 aliphatic heterocycles. The van der Waals surface area contributed by atoms with Gasteiger partial charge in [0, 0.05) is 24.7 Å². The zero-order chi connectivity index (χ0) is 22.0. The van der Waals surface area contributed by atoms with Crippen molar-refractivity contribution < 1.29 is 18.7 Å². The van der Waals surface area contributed by atoms with Crippen LogP contribution in [0.1, 0.15) is 31.4 Å². The third kappa shape index (κ3) is 4.65. The van der Waals surface area contributed by atoms with Crippen LogP contribution >= 0.6 is 0 Å². The highest BCUT2D eigenvalue weighted by Crippen LogP contribution is 2.30. The number of nitrogens with one attached hydrogen (secondary N) is 2. The number of carbonyl (C=O) groups is 2. The molecule has 10 nitrogen and oxygen atoms in total. The van der Waals surface area contributed by atoms with Gasteiger partial charge in [0.15, 0.2) is 5.82 Å². The van der Waals surface area contributed by atoms with Crippen molar-refractivity contribution in [2.75, 3.05) is 10.6 Å². The normalized spacial score (nSPS) is 14.0. The van der Waals surface area contributed by atoms with Gasteiger partial charge in [0.25, 0.3) is 0 Å². The lowest BCUT2D eigenvalue weighted by Crippen LogP contribution is -2.19. The van der Waals surface area contributed by atoms with Gasteiger partial charge in [-0.2, -0.15) is 9.49 Å². The summed E-state index contributed by atoms with van der Waals surface area (Å²) in [4.78, 5) is 36.3. The fourth-order valence-corrected chi connectivity index (χ4v) is 2.92. The Hall–Kier alpha value is -3.89. The average molecular weight is 425 g/mol. The molecule has 31 heavy (non-hydrogen) atoms. The fraction of sp³-hybridized carbons (Fsp3) is 0.300. The van der Waals surface area contributed by atoms with E-state index in [0.29, 0.717) is 22.9 Å². The van der Waals surface area contributed by atoms with Crippen LogP contribution < -0.4 is 10.6 Å². The molecule has 160 valence electrons. The lowest BCUT2D eigenvalue weighted by molar-refractivity contribution is -0.117. The van der Waals surface area contributed by atoms with Crippen LogP contribution in [0.3, 0.4) is 0 Å². The number of hydrogen-bond donors (Lipinski definition) is 2. The van der Waals surface area contributed by atoms with E-state index in [2.05, 4.69) is 30.7 Å². The zero-order valence-corrected chi connectivity index (χ0v) is 16.9. The summed E-state index contributed by atoms with van der Waals surface area (Å²) in [7, 11) is 1.63. The maximum absolute atomic E-state index is 13.8. The van der Waals surface area contributed by atoms with Crippen LogP contribution in [0.4, 0.5) is 20.7 Å². The number of aryl methyl sites for hydroxylation is 1. The van der Waals surface area contributed by atoms with Gasteiger partial charge in [-0.3, -0.25) is 14.8 Å². The molecule has 1 aliphatic carbocycles. The molecule has 11 heteroatoms. The van der Waals surface area contributed by atoms with Crippen molar-refractivity contribution in [3.8, 4) is 11.4 Å². The Bertz CT molecular complexity index is 1110. The van der Waals surface area contributed by atoms with Crippen LogP contribution in [-0.2, 0) is 16.6 Å². The number of aromatic nitrogens is 5. The number of rotatable bonds is 6. The largest absolute Gasteiger partial charge is 0.441 e. The number of anilines is 2. The minimum atomic E-state index is -0.851. The van der Waals surface area contributed by atoms with Crippen molar-refractivity contribution in [3.05, 3.63) is 48.4 Å². The van der Waals surface area contributed by atoms with E-state index in [1.807, 2.05) is 0 Å². The van der Waals surface area contributed by atoms with Crippen molar-refractivity contribution in [1.82, 2.24) is 24.7 Å². The molecular weight excluding hydrogens is 405 g/mol. The van der Waals surface area contributed by atoms with Gasteiger partial charge >= 0.3 is 6.09 Å². The molecule has 0 saturated heterocycles. The molecule has 0 radical (unpaired) electrons. The molecule has 4 rings (SSSR count). The van der Waals surface area contributed by atoms with Gasteiger partial charge in [-0.1, -0.05) is 0 Å². The highest BCUT2D eigenvalue weighted by molar-refractivity contribution is 5.94. The molecule has 1 aliphatic rings. The first kappa shape index (κ1) is 20.4. The third-order valence-electron chi connectivity index (χ3n) is 4.78. The highest BCUT2D eigenvalue weighted by atomic mass is 19.1. The summed E-state index contributed by atoms with van der Waals surface area (Å²) < 4.78 is 20.5. The van der Waals surface area contributed by atoms with Crippen LogP contribution in [0.2, 0.25) is 0 Å². The van der Waals surface area contributed by atoms with E-state index >= 15 is 0 Å². The number of pyridine rings is 1. The Labute approximate surface area is 176 Å². The first-order valence-corrected chi connectivity index (χ1v) is 9.65. The van der Waals surface area contributed by atoms with Gasteiger partial charge in [-0.15, -0.1) is 0 Å². The fourth-order valence-electron chi connectivity index (χ4n) is 2.92. The molecule has 3 aromatic heterocycles. The second-order valence-corrected chi connectivity index (χ2v) is 7.15. The molecule has 0 spiro atoms. The number of carbonyl (C=O) groups excluding carboxylic acids is 2. The van der Waals surface area contributed by atoms with Crippen molar-refractivity contribution in [1.29, 1.82) is 0 Å². The lowest BCUT2D eigenvalue weighted by Gasteiger charge is -2.15. The van der Waals surface area contributed by atoms with Gasteiger partial charge in [0.2, 0.25) is 11.9 Å². The van der Waals surface area contributed by atoms with Gasteiger partial charge in [-0.25, -0.2) is 19.7 Å². The van der Waals surface area contributed by atoms with Crippen LogP contribution in [-0.4, -0.2) is 36.7 Å². The van der Waals surface area contributed by atoms with Crippen LogP contribution in [0.25, 0.3) is 11.4 Å². The zero-order valence-electron chi connectivity index (χ0n) is 16.9. The summed E-state index contributed by atoms with van der Waals surface area (Å²) in [6.07, 6.45) is 5.95. The number of halogens is 1. The molecule has 0 aromatic carbocycles. The van der Waals surface area contributed by atoms with Gasteiger partial charge in [0.05, 0.1) is 29.8 Å². The van der Waals surface area contributed by atoms with E-state index in [0.717, 1.165) is 12.8 Å². The number of amides is 2. The number of hydrogen-bond acceptors (Lipinski definition) is 7. The monoisotopic (exact) mass is 425 g/mol. The topological polar surface area (TPSA) is 124 Å². The maximum atomic E-state index is 13.8. The smallest absolute Gasteiger partial charge is 0.413 e. The van der Waals surface area contributed by atoms with E-state index in [-0.39, 0.29) is 17.4 Å². The Kier molecular flexibility index (Phi) is 5.56. The highest BCUT2D eigenvalue weighted by Gasteiger charge is 2.29. The van der Waals surface area contributed by atoms with Crippen LogP contribution in [0.5, 0.6) is 0 Å². The second kappa shape index (κ2) is 8.46. The van der Waals surface area contributed by atoms with Crippen molar-refractivity contribution in [2.45, 2.75) is 25.9 Å². The standard InChI is InChI=1S/C20H20FN7O3/c1-11(14-4-3-7-22-16(14)21)31-20(30)27-18-15(10-25-28(18)2)17-23-8-13(9-24-17)26-19(29)12-5-6-12/h3-4,7-12H,5-6H2,1-2H3,(H,26,29)(H,27,30). The van der Waals surface area contributed by atoms with E-state index in [4.69, 9.17) is 4.74 Å². The minimum Gasteiger partial charge on any atom is -0.441 e. The first-order valence-electron chi connectivity index (χ1n) is 9.65. The maximum Gasteiger partial charge on any atom is 0.413 e. The van der Waals surface area contributed by atoms with Crippen molar-refractivity contribution in [3.63, 3.8) is 0 Å². The first-order chi connectivity index (χ1) is 14.9. The van der Waals surface area contributed by atoms with Crippen LogP contribution in [0, 0.1) is 11.9 Å². The summed E-state index contributed by atoms with van der Waals surface area (Å²) in [6.45, 7) is 1.54. The van der Waals surface area contributed by atoms with Gasteiger partial charge < -0.3 is 10.1 Å². The van der Waals surface area contributed by atoms with E-state index in [1.165, 1.54) is 35.5 Å². The molecule has 3 heterocycles. The number of ether oxygens (including phenoxy) is 1. The summed E-state index contributed by atoms with van der Waals surface area (Å²) in [5, 5.41) is 9.49. The molecule has 3 aromatic rings. The molecule has 2 N–H and O–H groups in total. The quantitative estimate of drug-likeness (QED) is 0.582. The Morgan fingerprint density at radius 1 is 1.19 bits per heavy atom. The average Bonchev–Trinajstić information content (AvgIpc) is 3.54. The molecule has 1 unspecified atom stereocenters. The minimum absolute atomic E-state index is 0.0398. The van der Waals surface area contributed by atoms with Crippen LogP contribution in [0.15, 0.2) is 36.9 Å². The van der Waals surface area contributed by atoms with Gasteiger partial charge in [0.1, 0.15) is 11.9 Å². The molecule has 0 bridgehead atoms. The predicted octanol–water partition coefficient (Wildman–Crippen LogP) is 3.07. The van der Waals surface area contributed by atoms with Gasteiger partial charge in [-0.05, 0) is 31.9 Å². The van der Waals surface area contributed by atoms with E-state index in [9.17, 15) is 14.0 Å². The second-order valence-electron chi connectivity index (χ2n) is 7.15. The predicted molar refractivity (Wildman–Crippen MR) is 108 cm³/mol.